The van der Waals surface area contributed by atoms with Gasteiger partial charge in [0.1, 0.15) is 5.69 Å². The number of aromatic nitrogens is 2. The van der Waals surface area contributed by atoms with E-state index in [0.717, 1.165) is 0 Å². The highest BCUT2D eigenvalue weighted by Crippen LogP contribution is 2.26. The normalized spacial score (nSPS) is 10.6. The van der Waals surface area contributed by atoms with Crippen molar-refractivity contribution in [3.63, 3.8) is 0 Å². The predicted octanol–water partition coefficient (Wildman–Crippen LogP) is 4.32. The fourth-order valence-electron chi connectivity index (χ4n) is 1.34. The second kappa shape index (κ2) is 4.98. The number of carbonyl (C=O) groups excluding carboxylic acids is 1. The van der Waals surface area contributed by atoms with E-state index in [9.17, 15) is 4.79 Å². The number of pyridine rings is 1. The van der Waals surface area contributed by atoms with Crippen molar-refractivity contribution in [2.24, 2.45) is 0 Å². The third-order valence-corrected chi connectivity index (χ3v) is 3.12. The Morgan fingerprint density at radius 1 is 1.35 bits per heavy atom. The number of hydrogen-bond donors (Lipinski definition) is 0. The minimum Gasteiger partial charge on any atom is -0.295 e. The molecule has 0 amide bonds. The number of rotatable bonds is 2. The molecule has 0 bridgehead atoms. The maximum absolute atomic E-state index is 11.3. The van der Waals surface area contributed by atoms with Crippen molar-refractivity contribution in [2.75, 3.05) is 0 Å². The molecule has 3 nitrogen and oxygen atoms in total. The van der Waals surface area contributed by atoms with E-state index in [-0.39, 0.29) is 5.69 Å². The molecule has 0 spiro atoms. The Kier molecular flexibility index (Phi) is 3.78. The average Bonchev–Trinajstić information content (AvgIpc) is 2.60. The van der Waals surface area contributed by atoms with Crippen molar-refractivity contribution in [1.29, 1.82) is 0 Å². The minimum atomic E-state index is -0.594. The van der Waals surface area contributed by atoms with Crippen LogP contribution < -0.4 is 0 Å². The van der Waals surface area contributed by atoms with Crippen LogP contribution in [0.5, 0.6) is 0 Å². The van der Waals surface area contributed by atoms with Gasteiger partial charge in [-0.05, 0) is 39.7 Å². The van der Waals surface area contributed by atoms with Gasteiger partial charge in [0.15, 0.2) is 5.82 Å². The highest BCUT2D eigenvalue weighted by atomic mass is 79.9. The molecule has 0 unspecified atom stereocenters. The summed E-state index contributed by atoms with van der Waals surface area (Å²) in [7, 11) is 0. The van der Waals surface area contributed by atoms with Gasteiger partial charge in [0.2, 0.25) is 0 Å². The van der Waals surface area contributed by atoms with Crippen LogP contribution in [0.3, 0.4) is 0 Å². The lowest BCUT2D eigenvalue weighted by atomic mass is 10.4. The van der Waals surface area contributed by atoms with Gasteiger partial charge in [0, 0.05) is 16.9 Å². The van der Waals surface area contributed by atoms with Crippen LogP contribution in [0.2, 0.25) is 10.0 Å². The molecule has 0 atom stereocenters. The number of nitrogens with zero attached hydrogens (tertiary/aromatic N) is 2. The SMILES string of the molecule is O=C(Cl)c1cc(Br)cn1-c1ncc(Cl)cc1Cl. The highest BCUT2D eigenvalue weighted by Gasteiger charge is 2.15. The zero-order chi connectivity index (χ0) is 12.6. The molecule has 0 aromatic carbocycles. The number of carbonyl (C=O) groups is 1. The van der Waals surface area contributed by atoms with Crippen molar-refractivity contribution in [2.45, 2.75) is 0 Å². The van der Waals surface area contributed by atoms with E-state index in [1.165, 1.54) is 10.8 Å². The number of halogens is 4. The maximum Gasteiger partial charge on any atom is 0.269 e. The summed E-state index contributed by atoms with van der Waals surface area (Å²) in [4.78, 5) is 15.3. The van der Waals surface area contributed by atoms with Gasteiger partial charge < -0.3 is 0 Å². The molecule has 2 aromatic rings. The summed E-state index contributed by atoms with van der Waals surface area (Å²) >= 11 is 20.5. The Balaban J connectivity index is 2.63. The van der Waals surface area contributed by atoms with Crippen molar-refractivity contribution >= 4 is 56.0 Å². The average molecular weight is 354 g/mol. The Morgan fingerprint density at radius 2 is 2.06 bits per heavy atom. The molecule has 2 heterocycles. The van der Waals surface area contributed by atoms with Gasteiger partial charge in [0.25, 0.3) is 5.24 Å². The van der Waals surface area contributed by atoms with Crippen LogP contribution in [-0.2, 0) is 0 Å². The van der Waals surface area contributed by atoms with Gasteiger partial charge in [-0.15, -0.1) is 0 Å². The van der Waals surface area contributed by atoms with Gasteiger partial charge in [0.05, 0.1) is 10.0 Å². The molecule has 0 saturated carbocycles. The monoisotopic (exact) mass is 352 g/mol. The van der Waals surface area contributed by atoms with E-state index >= 15 is 0 Å². The van der Waals surface area contributed by atoms with Crippen LogP contribution >= 0.6 is 50.7 Å². The van der Waals surface area contributed by atoms with Crippen LogP contribution in [0.15, 0.2) is 29.0 Å². The lowest BCUT2D eigenvalue weighted by molar-refractivity contribution is 0.107. The van der Waals surface area contributed by atoms with Crippen molar-refractivity contribution in [3.05, 3.63) is 44.7 Å². The quantitative estimate of drug-likeness (QED) is 0.753. The van der Waals surface area contributed by atoms with E-state index in [1.54, 1.807) is 18.3 Å². The molecular weight excluding hydrogens is 350 g/mol. The third kappa shape index (κ3) is 2.65. The summed E-state index contributed by atoms with van der Waals surface area (Å²) in [6.07, 6.45) is 3.09. The molecule has 7 heteroatoms. The largest absolute Gasteiger partial charge is 0.295 e. The van der Waals surface area contributed by atoms with Crippen molar-refractivity contribution in [3.8, 4) is 5.82 Å². The minimum absolute atomic E-state index is 0.273. The first-order chi connectivity index (χ1) is 7.99. The zero-order valence-corrected chi connectivity index (χ0v) is 12.0. The smallest absolute Gasteiger partial charge is 0.269 e. The summed E-state index contributed by atoms with van der Waals surface area (Å²) in [5, 5.41) is 0.159. The molecule has 17 heavy (non-hydrogen) atoms. The summed E-state index contributed by atoms with van der Waals surface area (Å²) in [6.45, 7) is 0. The second-order valence-electron chi connectivity index (χ2n) is 3.15. The fraction of sp³-hybridized carbons (Fsp3) is 0. The molecule has 0 aliphatic heterocycles. The van der Waals surface area contributed by atoms with Gasteiger partial charge in [-0.2, -0.15) is 0 Å². The van der Waals surface area contributed by atoms with Crippen LogP contribution in [-0.4, -0.2) is 14.8 Å². The second-order valence-corrected chi connectivity index (χ2v) is 5.25. The first-order valence-corrected chi connectivity index (χ1v) is 6.31. The highest BCUT2D eigenvalue weighted by molar-refractivity contribution is 9.10. The summed E-state index contributed by atoms with van der Waals surface area (Å²) in [6, 6.07) is 3.13. The molecule has 0 fully saturated rings. The molecule has 88 valence electrons. The van der Waals surface area contributed by atoms with Gasteiger partial charge in [-0.1, -0.05) is 23.2 Å². The first kappa shape index (κ1) is 12.9. The molecule has 0 saturated heterocycles. The summed E-state index contributed by atoms with van der Waals surface area (Å²) in [5.74, 6) is 0.394. The lowest BCUT2D eigenvalue weighted by Crippen LogP contribution is -2.04. The van der Waals surface area contributed by atoms with E-state index in [4.69, 9.17) is 34.8 Å². The van der Waals surface area contributed by atoms with E-state index in [1.807, 2.05) is 0 Å². The molecule has 0 N–H and O–H groups in total. The fourth-order valence-corrected chi connectivity index (χ4v) is 2.38. The Hall–Kier alpha value is -0.550. The van der Waals surface area contributed by atoms with Gasteiger partial charge in [-0.25, -0.2) is 4.98 Å². The van der Waals surface area contributed by atoms with E-state index in [0.29, 0.717) is 20.3 Å². The standard InChI is InChI=1S/C10H4BrCl3N2O/c11-5-1-8(9(14)17)16(4-5)10-7(13)2-6(12)3-15-10/h1-4H. The molecule has 2 rings (SSSR count). The van der Waals surface area contributed by atoms with Gasteiger partial charge >= 0.3 is 0 Å². The third-order valence-electron chi connectivity index (χ3n) is 2.00. The van der Waals surface area contributed by atoms with Crippen LogP contribution in [0.1, 0.15) is 10.5 Å². The summed E-state index contributed by atoms with van der Waals surface area (Å²) < 4.78 is 2.20. The molecule has 0 radical (unpaired) electrons. The zero-order valence-electron chi connectivity index (χ0n) is 8.12. The molecule has 0 aliphatic carbocycles. The Labute approximate surface area is 120 Å². The number of hydrogen-bond acceptors (Lipinski definition) is 2. The first-order valence-electron chi connectivity index (χ1n) is 4.38. The van der Waals surface area contributed by atoms with Crippen LogP contribution in [0.25, 0.3) is 5.82 Å². The van der Waals surface area contributed by atoms with Crippen molar-refractivity contribution < 1.29 is 4.79 Å². The van der Waals surface area contributed by atoms with Gasteiger partial charge in [-0.3, -0.25) is 9.36 Å². The Bertz CT molecular complexity index is 597. The van der Waals surface area contributed by atoms with E-state index < -0.39 is 5.24 Å². The van der Waals surface area contributed by atoms with Crippen molar-refractivity contribution in [1.82, 2.24) is 9.55 Å². The summed E-state index contributed by atoms with van der Waals surface area (Å²) in [5.41, 5.74) is 0.273. The van der Waals surface area contributed by atoms with E-state index in [2.05, 4.69) is 20.9 Å². The lowest BCUT2D eigenvalue weighted by Gasteiger charge is -2.07. The molecule has 2 aromatic heterocycles. The van der Waals surface area contributed by atoms with Crippen LogP contribution in [0, 0.1) is 0 Å². The molecule has 0 aliphatic rings. The maximum atomic E-state index is 11.3. The topological polar surface area (TPSA) is 34.9 Å². The van der Waals surface area contributed by atoms with Crippen LogP contribution in [0.4, 0.5) is 0 Å². The molecular formula is C10H4BrCl3N2O. The Morgan fingerprint density at radius 3 is 2.65 bits per heavy atom. The predicted molar refractivity (Wildman–Crippen MR) is 71.5 cm³/mol.